The summed E-state index contributed by atoms with van der Waals surface area (Å²) in [4.78, 5) is 27.4. The van der Waals surface area contributed by atoms with Gasteiger partial charge in [-0.3, -0.25) is 9.59 Å². The quantitative estimate of drug-likeness (QED) is 0.457. The van der Waals surface area contributed by atoms with Crippen LogP contribution >= 0.6 is 22.9 Å². The van der Waals surface area contributed by atoms with Gasteiger partial charge in [-0.15, -0.1) is 11.3 Å². The van der Waals surface area contributed by atoms with Crippen LogP contribution in [0.15, 0.2) is 47.1 Å². The van der Waals surface area contributed by atoms with Crippen LogP contribution in [0.3, 0.4) is 0 Å². The average molecular weight is 471 g/mol. The van der Waals surface area contributed by atoms with Crippen molar-refractivity contribution in [2.24, 2.45) is 11.3 Å². The molecule has 0 spiro atoms. The van der Waals surface area contributed by atoms with E-state index in [1.807, 2.05) is 6.07 Å². The lowest BCUT2D eigenvalue weighted by molar-refractivity contribution is 0.0947. The highest BCUT2D eigenvalue weighted by molar-refractivity contribution is 7.17. The molecule has 0 aliphatic heterocycles. The molecule has 32 heavy (non-hydrogen) atoms. The number of benzene rings is 1. The molecule has 3 aromatic rings. The van der Waals surface area contributed by atoms with Gasteiger partial charge >= 0.3 is 0 Å². The first-order valence-corrected chi connectivity index (χ1v) is 11.9. The van der Waals surface area contributed by atoms with Crippen LogP contribution in [0.2, 0.25) is 5.02 Å². The third-order valence-corrected chi connectivity index (χ3v) is 7.57. The molecule has 2 N–H and O–H groups in total. The summed E-state index contributed by atoms with van der Waals surface area (Å²) in [7, 11) is 0. The first-order chi connectivity index (χ1) is 15.2. The Hall–Kier alpha value is -2.57. The first kappa shape index (κ1) is 22.6. The molecule has 1 aliphatic carbocycles. The molecule has 0 bridgehead atoms. The topological polar surface area (TPSA) is 71.3 Å². The summed E-state index contributed by atoms with van der Waals surface area (Å²) in [5.41, 5.74) is 2.17. The summed E-state index contributed by atoms with van der Waals surface area (Å²) >= 11 is 7.72. The van der Waals surface area contributed by atoms with Crippen molar-refractivity contribution in [1.29, 1.82) is 0 Å². The van der Waals surface area contributed by atoms with Crippen LogP contribution in [0.1, 0.15) is 64.1 Å². The molecule has 0 saturated heterocycles. The Labute approximate surface area is 197 Å². The fraction of sp³-hybridized carbons (Fsp3) is 0.360. The van der Waals surface area contributed by atoms with Gasteiger partial charge < -0.3 is 15.1 Å². The summed E-state index contributed by atoms with van der Waals surface area (Å²) in [6.45, 7) is 7.06. The number of amides is 2. The van der Waals surface area contributed by atoms with Crippen LogP contribution in [0.25, 0.3) is 0 Å². The molecule has 4 rings (SSSR count). The second-order valence-corrected chi connectivity index (χ2v) is 10.7. The number of hydrogen-bond donors (Lipinski definition) is 2. The van der Waals surface area contributed by atoms with E-state index in [0.29, 0.717) is 39.4 Å². The summed E-state index contributed by atoms with van der Waals surface area (Å²) in [5.74, 6) is 0.681. The predicted octanol–water partition coefficient (Wildman–Crippen LogP) is 6.33. The third-order valence-electron chi connectivity index (χ3n) is 6.07. The molecular weight excluding hydrogens is 444 g/mol. The smallest absolute Gasteiger partial charge is 0.257 e. The number of rotatable bonds is 5. The van der Waals surface area contributed by atoms with Gasteiger partial charge in [0.25, 0.3) is 11.8 Å². The van der Waals surface area contributed by atoms with Crippen molar-refractivity contribution in [2.75, 3.05) is 5.32 Å². The number of halogens is 1. The molecule has 0 radical (unpaired) electrons. The van der Waals surface area contributed by atoms with Crippen molar-refractivity contribution < 1.29 is 14.0 Å². The van der Waals surface area contributed by atoms with Gasteiger partial charge in [0.05, 0.1) is 29.0 Å². The molecule has 1 atom stereocenters. The highest BCUT2D eigenvalue weighted by Gasteiger charge is 2.34. The molecule has 0 fully saturated rings. The van der Waals surface area contributed by atoms with Crippen LogP contribution in [-0.2, 0) is 19.4 Å². The normalized spacial score (nSPS) is 15.8. The van der Waals surface area contributed by atoms with Crippen molar-refractivity contribution >= 4 is 39.8 Å². The molecule has 2 heterocycles. The molecule has 0 saturated carbocycles. The van der Waals surface area contributed by atoms with Gasteiger partial charge in [0.15, 0.2) is 0 Å². The largest absolute Gasteiger partial charge is 0.467 e. The Kier molecular flexibility index (Phi) is 6.45. The van der Waals surface area contributed by atoms with Gasteiger partial charge in [-0.25, -0.2) is 0 Å². The minimum absolute atomic E-state index is 0.185. The molecule has 2 aromatic heterocycles. The number of anilines is 1. The number of thiophene rings is 1. The van der Waals surface area contributed by atoms with Gasteiger partial charge in [-0.1, -0.05) is 44.5 Å². The zero-order valence-corrected chi connectivity index (χ0v) is 20.0. The van der Waals surface area contributed by atoms with Crippen LogP contribution in [0.5, 0.6) is 0 Å². The second-order valence-electron chi connectivity index (χ2n) is 9.21. The number of hydrogen-bond acceptors (Lipinski definition) is 4. The van der Waals surface area contributed by atoms with Gasteiger partial charge in [-0.2, -0.15) is 0 Å². The Balaban J connectivity index is 1.65. The maximum absolute atomic E-state index is 13.2. The maximum atomic E-state index is 13.2. The van der Waals surface area contributed by atoms with Crippen molar-refractivity contribution in [3.8, 4) is 0 Å². The number of fused-ring (bicyclic) bond motifs is 1. The number of nitrogens with one attached hydrogen (secondary N) is 2. The maximum Gasteiger partial charge on any atom is 0.257 e. The molecule has 168 valence electrons. The first-order valence-electron chi connectivity index (χ1n) is 10.7. The average Bonchev–Trinajstić information content (AvgIpc) is 3.38. The van der Waals surface area contributed by atoms with Crippen LogP contribution in [0, 0.1) is 11.3 Å². The minimum atomic E-state index is -0.318. The third kappa shape index (κ3) is 4.76. The minimum Gasteiger partial charge on any atom is -0.467 e. The monoisotopic (exact) mass is 470 g/mol. The van der Waals surface area contributed by atoms with E-state index < -0.39 is 0 Å². The summed E-state index contributed by atoms with van der Waals surface area (Å²) in [6.07, 6.45) is 4.32. The van der Waals surface area contributed by atoms with E-state index in [2.05, 4.69) is 31.4 Å². The Bertz CT molecular complexity index is 1130. The van der Waals surface area contributed by atoms with E-state index in [0.717, 1.165) is 24.8 Å². The van der Waals surface area contributed by atoms with Crippen LogP contribution in [-0.4, -0.2) is 11.8 Å². The van der Waals surface area contributed by atoms with Crippen molar-refractivity contribution in [3.63, 3.8) is 0 Å². The van der Waals surface area contributed by atoms with Gasteiger partial charge in [0.2, 0.25) is 0 Å². The molecule has 0 unspecified atom stereocenters. The zero-order valence-electron chi connectivity index (χ0n) is 18.5. The van der Waals surface area contributed by atoms with E-state index >= 15 is 0 Å². The molecule has 1 aromatic carbocycles. The van der Waals surface area contributed by atoms with Gasteiger partial charge in [0.1, 0.15) is 10.8 Å². The molecule has 1 aliphatic rings. The lowest BCUT2D eigenvalue weighted by Gasteiger charge is -2.33. The van der Waals surface area contributed by atoms with Crippen LogP contribution in [0.4, 0.5) is 5.00 Å². The van der Waals surface area contributed by atoms with Crippen LogP contribution < -0.4 is 10.6 Å². The molecule has 2 amide bonds. The Morgan fingerprint density at radius 1 is 1.16 bits per heavy atom. The SMILES string of the molecule is CC(C)(C)[C@H]1CCc2c(sc(NC(=O)c3ccccc3Cl)c2C(=O)NCc2ccco2)C1. The van der Waals surface area contributed by atoms with E-state index in [9.17, 15) is 9.59 Å². The fourth-order valence-electron chi connectivity index (χ4n) is 4.14. The number of carbonyl (C=O) groups excluding carboxylic acids is 2. The second kappa shape index (κ2) is 9.12. The van der Waals surface area contributed by atoms with Crippen molar-refractivity contribution in [3.05, 3.63) is 75.0 Å². The van der Waals surface area contributed by atoms with E-state index in [-0.39, 0.29) is 17.2 Å². The standard InChI is InChI=1S/C25H27ClN2O3S/c1-25(2,3)15-10-11-18-20(13-15)32-24(28-22(29)17-8-4-5-9-19(17)26)21(18)23(30)27-14-16-7-6-12-31-16/h4-9,12,15H,10-11,13-14H2,1-3H3,(H,27,30)(H,28,29)/t15-/m0/s1. The number of furan rings is 1. The zero-order chi connectivity index (χ0) is 22.9. The van der Waals surface area contributed by atoms with Crippen molar-refractivity contribution in [2.45, 2.75) is 46.6 Å². The summed E-state index contributed by atoms with van der Waals surface area (Å²) in [6, 6.07) is 10.5. The Morgan fingerprint density at radius 2 is 1.94 bits per heavy atom. The van der Waals surface area contributed by atoms with Gasteiger partial charge in [-0.05, 0) is 60.4 Å². The number of carbonyl (C=O) groups is 2. The highest BCUT2D eigenvalue weighted by atomic mass is 35.5. The Morgan fingerprint density at radius 3 is 2.62 bits per heavy atom. The van der Waals surface area contributed by atoms with E-state index in [4.69, 9.17) is 16.0 Å². The molecule has 5 nitrogen and oxygen atoms in total. The van der Waals surface area contributed by atoms with E-state index in [1.165, 1.54) is 16.2 Å². The van der Waals surface area contributed by atoms with Gasteiger partial charge in [0, 0.05) is 4.88 Å². The summed E-state index contributed by atoms with van der Waals surface area (Å²) in [5, 5.41) is 6.86. The van der Waals surface area contributed by atoms with E-state index in [1.54, 1.807) is 36.6 Å². The highest BCUT2D eigenvalue weighted by Crippen LogP contribution is 2.44. The molecular formula is C25H27ClN2O3S. The molecule has 7 heteroatoms. The predicted molar refractivity (Wildman–Crippen MR) is 129 cm³/mol. The van der Waals surface area contributed by atoms with Crippen molar-refractivity contribution in [1.82, 2.24) is 5.32 Å². The summed E-state index contributed by atoms with van der Waals surface area (Å²) < 4.78 is 5.33. The lowest BCUT2D eigenvalue weighted by atomic mass is 9.72. The lowest BCUT2D eigenvalue weighted by Crippen LogP contribution is -2.28. The fourth-order valence-corrected chi connectivity index (χ4v) is 5.68.